The van der Waals surface area contributed by atoms with E-state index in [4.69, 9.17) is 10.5 Å². The van der Waals surface area contributed by atoms with Crippen LogP contribution in [-0.2, 0) is 6.42 Å². The molecule has 1 saturated carbocycles. The number of ether oxygens (including phenoxy) is 1. The van der Waals surface area contributed by atoms with Crippen molar-refractivity contribution in [1.29, 1.82) is 0 Å². The van der Waals surface area contributed by atoms with Crippen LogP contribution in [0.4, 0.5) is 0 Å². The molecule has 0 saturated heterocycles. The molecular formula is C12H19N3O. The van der Waals surface area contributed by atoms with E-state index in [9.17, 15) is 0 Å². The predicted octanol–water partition coefficient (Wildman–Crippen LogP) is 1.54. The smallest absolute Gasteiger partial charge is 0.232 e. The van der Waals surface area contributed by atoms with E-state index in [-0.39, 0.29) is 6.10 Å². The molecule has 2 N–H and O–H groups in total. The van der Waals surface area contributed by atoms with Crippen LogP contribution in [0.1, 0.15) is 32.4 Å². The molecule has 1 aromatic rings. The van der Waals surface area contributed by atoms with Crippen molar-refractivity contribution in [2.45, 2.75) is 45.3 Å². The van der Waals surface area contributed by atoms with Crippen molar-refractivity contribution < 1.29 is 4.74 Å². The summed E-state index contributed by atoms with van der Waals surface area (Å²) < 4.78 is 5.63. The molecule has 4 heteroatoms. The summed E-state index contributed by atoms with van der Waals surface area (Å²) in [5.74, 6) is 1.22. The second-order valence-corrected chi connectivity index (χ2v) is 4.92. The Morgan fingerprint density at radius 3 is 2.62 bits per heavy atom. The zero-order chi connectivity index (χ0) is 11.5. The maximum absolute atomic E-state index is 5.69. The van der Waals surface area contributed by atoms with Gasteiger partial charge in [-0.25, -0.2) is 4.98 Å². The van der Waals surface area contributed by atoms with E-state index < -0.39 is 0 Å². The third kappa shape index (κ3) is 2.92. The Hall–Kier alpha value is -1.16. The SMILES string of the molecule is CC(C)Cc1cnc(O[C@H]2C[C@H](N)C2)cn1. The summed E-state index contributed by atoms with van der Waals surface area (Å²) in [6, 6.07) is 0.304. The lowest BCUT2D eigenvalue weighted by Gasteiger charge is -2.31. The van der Waals surface area contributed by atoms with Gasteiger partial charge in [-0.1, -0.05) is 13.8 Å². The zero-order valence-corrected chi connectivity index (χ0v) is 9.89. The number of nitrogens with zero attached hydrogens (tertiary/aromatic N) is 2. The topological polar surface area (TPSA) is 61.0 Å². The summed E-state index contributed by atoms with van der Waals surface area (Å²) in [5.41, 5.74) is 6.71. The highest BCUT2D eigenvalue weighted by Crippen LogP contribution is 2.22. The largest absolute Gasteiger partial charge is 0.473 e. The van der Waals surface area contributed by atoms with Crippen LogP contribution in [0.3, 0.4) is 0 Å². The Balaban J connectivity index is 1.87. The van der Waals surface area contributed by atoms with Crippen LogP contribution in [0, 0.1) is 5.92 Å². The summed E-state index contributed by atoms with van der Waals surface area (Å²) >= 11 is 0. The van der Waals surface area contributed by atoms with Gasteiger partial charge in [-0.2, -0.15) is 0 Å². The maximum atomic E-state index is 5.69. The van der Waals surface area contributed by atoms with E-state index >= 15 is 0 Å². The fraction of sp³-hybridized carbons (Fsp3) is 0.667. The predicted molar refractivity (Wildman–Crippen MR) is 62.2 cm³/mol. The lowest BCUT2D eigenvalue weighted by molar-refractivity contribution is 0.0953. The standard InChI is InChI=1S/C12H19N3O/c1-8(2)3-10-6-15-12(7-14-10)16-11-4-9(13)5-11/h6-9,11H,3-5,13H2,1-2H3/t9-,11-. The number of hydrogen-bond acceptors (Lipinski definition) is 4. The van der Waals surface area contributed by atoms with Crippen LogP contribution < -0.4 is 10.5 Å². The summed E-state index contributed by atoms with van der Waals surface area (Å²) in [4.78, 5) is 8.58. The number of rotatable bonds is 4. The van der Waals surface area contributed by atoms with Gasteiger partial charge in [-0.15, -0.1) is 0 Å². The minimum absolute atomic E-state index is 0.236. The Kier molecular flexibility index (Phi) is 3.39. The van der Waals surface area contributed by atoms with E-state index in [1.165, 1.54) is 0 Å². The molecule has 0 aromatic carbocycles. The van der Waals surface area contributed by atoms with Gasteiger partial charge < -0.3 is 10.5 Å². The first-order valence-electron chi connectivity index (χ1n) is 5.86. The van der Waals surface area contributed by atoms with Crippen molar-refractivity contribution in [3.05, 3.63) is 18.1 Å². The van der Waals surface area contributed by atoms with Gasteiger partial charge >= 0.3 is 0 Å². The first-order chi connectivity index (χ1) is 7.63. The Morgan fingerprint density at radius 1 is 1.38 bits per heavy atom. The monoisotopic (exact) mass is 221 g/mol. The molecule has 1 aliphatic carbocycles. The van der Waals surface area contributed by atoms with E-state index in [0.717, 1.165) is 25.0 Å². The van der Waals surface area contributed by atoms with Gasteiger partial charge in [-0.05, 0) is 25.2 Å². The van der Waals surface area contributed by atoms with Gasteiger partial charge in [0.15, 0.2) is 0 Å². The normalized spacial score (nSPS) is 24.2. The van der Waals surface area contributed by atoms with Gasteiger partial charge in [0.1, 0.15) is 6.10 Å². The number of aromatic nitrogens is 2. The van der Waals surface area contributed by atoms with Gasteiger partial charge in [0.2, 0.25) is 5.88 Å². The minimum Gasteiger partial charge on any atom is -0.473 e. The molecule has 0 bridgehead atoms. The third-order valence-electron chi connectivity index (χ3n) is 2.72. The highest BCUT2D eigenvalue weighted by molar-refractivity contribution is 5.09. The van der Waals surface area contributed by atoms with E-state index in [0.29, 0.717) is 17.8 Å². The lowest BCUT2D eigenvalue weighted by Crippen LogP contribution is -2.43. The van der Waals surface area contributed by atoms with E-state index in [2.05, 4.69) is 23.8 Å². The van der Waals surface area contributed by atoms with Crippen molar-refractivity contribution >= 4 is 0 Å². The molecule has 1 aliphatic rings. The van der Waals surface area contributed by atoms with E-state index in [1.807, 2.05) is 0 Å². The van der Waals surface area contributed by atoms with Crippen molar-refractivity contribution in [2.24, 2.45) is 11.7 Å². The molecule has 0 amide bonds. The summed E-state index contributed by atoms with van der Waals surface area (Å²) in [6.07, 6.45) is 6.56. The van der Waals surface area contributed by atoms with Crippen LogP contribution in [0.25, 0.3) is 0 Å². The third-order valence-corrected chi connectivity index (χ3v) is 2.72. The van der Waals surface area contributed by atoms with Crippen molar-refractivity contribution in [2.75, 3.05) is 0 Å². The van der Waals surface area contributed by atoms with Gasteiger partial charge in [0, 0.05) is 6.04 Å². The molecule has 0 spiro atoms. The molecule has 2 rings (SSSR count). The van der Waals surface area contributed by atoms with Gasteiger partial charge in [0.05, 0.1) is 18.1 Å². The molecular weight excluding hydrogens is 202 g/mol. The molecule has 88 valence electrons. The Bertz CT molecular complexity index is 331. The first kappa shape index (κ1) is 11.3. The molecule has 0 atom stereocenters. The molecule has 1 heterocycles. The highest BCUT2D eigenvalue weighted by Gasteiger charge is 2.27. The molecule has 0 radical (unpaired) electrons. The molecule has 0 unspecified atom stereocenters. The average Bonchev–Trinajstić information content (AvgIpc) is 2.18. The van der Waals surface area contributed by atoms with Crippen LogP contribution in [0.5, 0.6) is 5.88 Å². The fourth-order valence-corrected chi connectivity index (χ4v) is 1.80. The van der Waals surface area contributed by atoms with Crippen molar-refractivity contribution in [3.63, 3.8) is 0 Å². The van der Waals surface area contributed by atoms with Gasteiger partial charge in [-0.3, -0.25) is 4.98 Å². The second-order valence-electron chi connectivity index (χ2n) is 4.92. The van der Waals surface area contributed by atoms with Crippen LogP contribution in [0.15, 0.2) is 12.4 Å². The fourth-order valence-electron chi connectivity index (χ4n) is 1.80. The molecule has 0 aliphatic heterocycles. The average molecular weight is 221 g/mol. The quantitative estimate of drug-likeness (QED) is 0.837. The molecule has 1 fully saturated rings. The molecule has 16 heavy (non-hydrogen) atoms. The summed E-state index contributed by atoms with van der Waals surface area (Å²) in [7, 11) is 0. The second kappa shape index (κ2) is 4.78. The van der Waals surface area contributed by atoms with Crippen LogP contribution in [0.2, 0.25) is 0 Å². The summed E-state index contributed by atoms with van der Waals surface area (Å²) in [5, 5.41) is 0. The first-order valence-corrected chi connectivity index (χ1v) is 5.86. The number of hydrogen-bond donors (Lipinski definition) is 1. The molecule has 1 aromatic heterocycles. The van der Waals surface area contributed by atoms with Crippen molar-refractivity contribution in [3.8, 4) is 5.88 Å². The zero-order valence-electron chi connectivity index (χ0n) is 9.89. The maximum Gasteiger partial charge on any atom is 0.232 e. The van der Waals surface area contributed by atoms with E-state index in [1.54, 1.807) is 12.4 Å². The summed E-state index contributed by atoms with van der Waals surface area (Å²) in [6.45, 7) is 4.34. The minimum atomic E-state index is 0.236. The van der Waals surface area contributed by atoms with Gasteiger partial charge in [0.25, 0.3) is 0 Å². The van der Waals surface area contributed by atoms with Crippen molar-refractivity contribution in [1.82, 2.24) is 9.97 Å². The molecule has 4 nitrogen and oxygen atoms in total. The van der Waals surface area contributed by atoms with Crippen LogP contribution >= 0.6 is 0 Å². The Morgan fingerprint density at radius 2 is 2.12 bits per heavy atom. The Labute approximate surface area is 96.2 Å². The van der Waals surface area contributed by atoms with Crippen LogP contribution in [-0.4, -0.2) is 22.1 Å². The number of nitrogens with two attached hydrogens (primary N) is 1. The lowest BCUT2D eigenvalue weighted by atomic mass is 9.90. The highest BCUT2D eigenvalue weighted by atomic mass is 16.5.